The van der Waals surface area contributed by atoms with Crippen LogP contribution in [0.2, 0.25) is 0 Å². The molecular weight excluding hydrogens is 382 g/mol. The summed E-state index contributed by atoms with van der Waals surface area (Å²) in [5.74, 6) is 0.381. The van der Waals surface area contributed by atoms with Gasteiger partial charge in [0.05, 0.1) is 0 Å². The van der Waals surface area contributed by atoms with Gasteiger partial charge in [0.2, 0.25) is 0 Å². The number of para-hydroxylation sites is 1. The molecule has 148 valence electrons. The molecule has 0 unspecified atom stereocenters. The third kappa shape index (κ3) is 6.33. The molecule has 0 fully saturated rings. The highest BCUT2D eigenvalue weighted by molar-refractivity contribution is 7.80. The van der Waals surface area contributed by atoms with E-state index >= 15 is 0 Å². The Balaban J connectivity index is 1.47. The zero-order chi connectivity index (χ0) is 20.6. The minimum Gasteiger partial charge on any atom is -0.483 e. The number of carbonyl (C=O) groups is 1. The third-order valence-corrected chi connectivity index (χ3v) is 4.36. The van der Waals surface area contributed by atoms with Gasteiger partial charge in [0, 0.05) is 17.1 Å². The van der Waals surface area contributed by atoms with Crippen LogP contribution in [0.15, 0.2) is 72.8 Å². The van der Waals surface area contributed by atoms with Crippen LogP contribution in [0.25, 0.3) is 0 Å². The molecule has 0 bridgehead atoms. The van der Waals surface area contributed by atoms with Gasteiger partial charge in [-0.05, 0) is 79.7 Å². The summed E-state index contributed by atoms with van der Waals surface area (Å²) < 4.78 is 5.60. The van der Waals surface area contributed by atoms with Crippen LogP contribution in [-0.2, 0) is 4.79 Å². The van der Waals surface area contributed by atoms with E-state index in [2.05, 4.69) is 16.0 Å². The van der Waals surface area contributed by atoms with Gasteiger partial charge in [-0.3, -0.25) is 10.1 Å². The highest BCUT2D eigenvalue weighted by atomic mass is 32.1. The molecule has 1 amide bonds. The Morgan fingerprint density at radius 3 is 2.28 bits per heavy atom. The molecule has 0 aliphatic carbocycles. The molecule has 3 N–H and O–H groups in total. The number of amides is 1. The summed E-state index contributed by atoms with van der Waals surface area (Å²) >= 11 is 5.21. The Bertz CT molecular complexity index is 989. The summed E-state index contributed by atoms with van der Waals surface area (Å²) in [6.07, 6.45) is 0. The monoisotopic (exact) mass is 405 g/mol. The summed E-state index contributed by atoms with van der Waals surface area (Å²) in [6, 6.07) is 23.4. The second-order valence-electron chi connectivity index (χ2n) is 6.63. The molecule has 0 saturated heterocycles. The third-order valence-electron chi connectivity index (χ3n) is 4.16. The standard InChI is InChI=1S/C23H23N3O2S/c1-16-8-9-17(2)21(14-16)28-15-22(27)26-23(29)25-20-12-10-19(11-13-20)24-18-6-4-3-5-7-18/h3-14,24H,15H2,1-2H3,(H2,25,26,27,29). The van der Waals surface area contributed by atoms with E-state index < -0.39 is 0 Å². The SMILES string of the molecule is Cc1ccc(C)c(OCC(=O)NC(=S)Nc2ccc(Nc3ccccc3)cc2)c1. The number of rotatable bonds is 6. The maximum atomic E-state index is 12.1. The summed E-state index contributed by atoms with van der Waals surface area (Å²) in [7, 11) is 0. The minimum atomic E-state index is -0.314. The number of ether oxygens (including phenoxy) is 1. The number of carbonyl (C=O) groups excluding carboxylic acids is 1. The van der Waals surface area contributed by atoms with E-state index in [9.17, 15) is 4.79 Å². The Kier molecular flexibility index (Phi) is 6.81. The first kappa shape index (κ1) is 20.4. The number of aryl methyl sites for hydroxylation is 2. The smallest absolute Gasteiger partial charge is 0.264 e. The van der Waals surface area contributed by atoms with Crippen molar-refractivity contribution in [3.63, 3.8) is 0 Å². The fourth-order valence-corrected chi connectivity index (χ4v) is 2.89. The number of benzene rings is 3. The fourth-order valence-electron chi connectivity index (χ4n) is 2.66. The lowest BCUT2D eigenvalue weighted by Gasteiger charge is -2.12. The van der Waals surface area contributed by atoms with E-state index in [-0.39, 0.29) is 17.6 Å². The van der Waals surface area contributed by atoms with Crippen molar-refractivity contribution in [1.82, 2.24) is 5.32 Å². The van der Waals surface area contributed by atoms with Gasteiger partial charge in [-0.25, -0.2) is 0 Å². The highest BCUT2D eigenvalue weighted by Gasteiger charge is 2.08. The quantitative estimate of drug-likeness (QED) is 0.507. The fraction of sp³-hybridized carbons (Fsp3) is 0.130. The van der Waals surface area contributed by atoms with E-state index in [1.54, 1.807) is 0 Å². The highest BCUT2D eigenvalue weighted by Crippen LogP contribution is 2.19. The number of hydrogen-bond donors (Lipinski definition) is 3. The summed E-state index contributed by atoms with van der Waals surface area (Å²) in [6.45, 7) is 3.81. The number of hydrogen-bond acceptors (Lipinski definition) is 4. The predicted octanol–water partition coefficient (Wildman–Crippen LogP) is 4.94. The summed E-state index contributed by atoms with van der Waals surface area (Å²) in [4.78, 5) is 12.1. The van der Waals surface area contributed by atoms with E-state index in [1.165, 1.54) is 0 Å². The van der Waals surface area contributed by atoms with Crippen LogP contribution >= 0.6 is 12.2 Å². The van der Waals surface area contributed by atoms with Crippen molar-refractivity contribution in [3.8, 4) is 5.75 Å². The van der Waals surface area contributed by atoms with Crippen LogP contribution in [0.1, 0.15) is 11.1 Å². The first-order valence-electron chi connectivity index (χ1n) is 9.22. The van der Waals surface area contributed by atoms with Crippen molar-refractivity contribution >= 4 is 40.3 Å². The minimum absolute atomic E-state index is 0.105. The van der Waals surface area contributed by atoms with Crippen LogP contribution in [-0.4, -0.2) is 17.6 Å². The maximum Gasteiger partial charge on any atom is 0.264 e. The second kappa shape index (κ2) is 9.71. The summed E-state index contributed by atoms with van der Waals surface area (Å²) in [5.41, 5.74) is 4.81. The topological polar surface area (TPSA) is 62.4 Å². The van der Waals surface area contributed by atoms with Crippen LogP contribution in [0.4, 0.5) is 17.1 Å². The molecule has 0 aliphatic heterocycles. The molecule has 6 heteroatoms. The van der Waals surface area contributed by atoms with Crippen molar-refractivity contribution in [3.05, 3.63) is 83.9 Å². The number of thiocarbonyl (C=S) groups is 1. The zero-order valence-electron chi connectivity index (χ0n) is 16.4. The Labute approximate surface area is 176 Å². The van der Waals surface area contributed by atoms with E-state index in [1.807, 2.05) is 86.6 Å². The van der Waals surface area contributed by atoms with Crippen molar-refractivity contribution in [1.29, 1.82) is 0 Å². The van der Waals surface area contributed by atoms with Gasteiger partial charge < -0.3 is 15.4 Å². The van der Waals surface area contributed by atoms with Crippen LogP contribution in [0.5, 0.6) is 5.75 Å². The normalized spacial score (nSPS) is 10.1. The Morgan fingerprint density at radius 2 is 1.55 bits per heavy atom. The van der Waals surface area contributed by atoms with Crippen molar-refractivity contribution in [2.45, 2.75) is 13.8 Å². The molecular formula is C23H23N3O2S. The van der Waals surface area contributed by atoms with Gasteiger partial charge in [0.15, 0.2) is 11.7 Å². The molecule has 0 spiro atoms. The van der Waals surface area contributed by atoms with E-state index in [4.69, 9.17) is 17.0 Å². The molecule has 0 saturated carbocycles. The first-order valence-corrected chi connectivity index (χ1v) is 9.63. The molecule has 0 atom stereocenters. The number of nitrogens with one attached hydrogen (secondary N) is 3. The first-order chi connectivity index (χ1) is 14.0. The lowest BCUT2D eigenvalue weighted by atomic mass is 10.1. The van der Waals surface area contributed by atoms with Crippen LogP contribution < -0.4 is 20.7 Å². The van der Waals surface area contributed by atoms with Gasteiger partial charge in [-0.2, -0.15) is 0 Å². The maximum absolute atomic E-state index is 12.1. The number of anilines is 3. The van der Waals surface area contributed by atoms with Gasteiger partial charge in [0.25, 0.3) is 5.91 Å². The lowest BCUT2D eigenvalue weighted by molar-refractivity contribution is -0.121. The van der Waals surface area contributed by atoms with Crippen LogP contribution in [0.3, 0.4) is 0 Å². The average Bonchev–Trinajstić information content (AvgIpc) is 2.71. The Hall–Kier alpha value is -3.38. The molecule has 0 aromatic heterocycles. The van der Waals surface area contributed by atoms with E-state index in [0.717, 1.165) is 28.2 Å². The molecule has 0 aliphatic rings. The Morgan fingerprint density at radius 1 is 0.897 bits per heavy atom. The van der Waals surface area contributed by atoms with Gasteiger partial charge in [-0.15, -0.1) is 0 Å². The zero-order valence-corrected chi connectivity index (χ0v) is 17.2. The van der Waals surface area contributed by atoms with Crippen molar-refractivity contribution in [2.75, 3.05) is 17.2 Å². The lowest BCUT2D eigenvalue weighted by Crippen LogP contribution is -2.37. The predicted molar refractivity (Wildman–Crippen MR) is 122 cm³/mol. The second-order valence-corrected chi connectivity index (χ2v) is 7.04. The van der Waals surface area contributed by atoms with Crippen molar-refractivity contribution in [2.24, 2.45) is 0 Å². The van der Waals surface area contributed by atoms with Gasteiger partial charge >= 0.3 is 0 Å². The van der Waals surface area contributed by atoms with Crippen molar-refractivity contribution < 1.29 is 9.53 Å². The largest absolute Gasteiger partial charge is 0.483 e. The molecule has 29 heavy (non-hydrogen) atoms. The molecule has 0 heterocycles. The van der Waals surface area contributed by atoms with Gasteiger partial charge in [0.1, 0.15) is 5.75 Å². The average molecular weight is 406 g/mol. The van der Waals surface area contributed by atoms with Gasteiger partial charge in [-0.1, -0.05) is 30.3 Å². The van der Waals surface area contributed by atoms with E-state index in [0.29, 0.717) is 5.75 Å². The molecule has 3 aromatic rings. The molecule has 3 rings (SSSR count). The molecule has 0 radical (unpaired) electrons. The summed E-state index contributed by atoms with van der Waals surface area (Å²) in [5, 5.41) is 9.16. The van der Waals surface area contributed by atoms with Crippen LogP contribution in [0, 0.1) is 13.8 Å². The molecule has 3 aromatic carbocycles. The molecule has 5 nitrogen and oxygen atoms in total.